The number of halogens is 2. The molecule has 0 spiro atoms. The van der Waals surface area contributed by atoms with Gasteiger partial charge in [0.15, 0.2) is 0 Å². The van der Waals surface area contributed by atoms with Gasteiger partial charge in [-0.2, -0.15) is 0 Å². The highest BCUT2D eigenvalue weighted by Crippen LogP contribution is 2.42. The summed E-state index contributed by atoms with van der Waals surface area (Å²) in [5, 5.41) is 12.8. The third-order valence-electron chi connectivity index (χ3n) is 3.55. The van der Waals surface area contributed by atoms with Gasteiger partial charge in [0.1, 0.15) is 5.82 Å². The molecule has 1 nitrogen and oxygen atoms in total. The highest BCUT2D eigenvalue weighted by atomic mass is 79.9. The third-order valence-corrected chi connectivity index (χ3v) is 5.48. The lowest BCUT2D eigenvalue weighted by molar-refractivity contribution is 0.0396. The first-order chi connectivity index (χ1) is 8.60. The summed E-state index contributed by atoms with van der Waals surface area (Å²) in [5.74, 6) is -0.200. The fraction of sp³-hybridized carbons (Fsp3) is 0.286. The van der Waals surface area contributed by atoms with E-state index in [1.54, 1.807) is 17.4 Å². The molecule has 0 saturated carbocycles. The quantitative estimate of drug-likeness (QED) is 0.883. The van der Waals surface area contributed by atoms with E-state index >= 15 is 0 Å². The van der Waals surface area contributed by atoms with Crippen molar-refractivity contribution in [2.45, 2.75) is 24.9 Å². The molecule has 0 aliphatic heterocycles. The third kappa shape index (κ3) is 1.92. The molecule has 1 atom stereocenters. The molecule has 1 unspecified atom stereocenters. The van der Waals surface area contributed by atoms with E-state index in [1.165, 1.54) is 6.07 Å². The minimum absolute atomic E-state index is 0.200. The SMILES string of the molecule is OC1(Cc2sccc2Br)CCc2c(F)cccc21. The molecule has 1 aliphatic rings. The van der Waals surface area contributed by atoms with Crippen LogP contribution in [0, 0.1) is 5.82 Å². The number of hydrogen-bond donors (Lipinski definition) is 1. The van der Waals surface area contributed by atoms with Gasteiger partial charge in [0.25, 0.3) is 0 Å². The predicted molar refractivity (Wildman–Crippen MR) is 74.3 cm³/mol. The van der Waals surface area contributed by atoms with Crippen LogP contribution in [0.2, 0.25) is 0 Å². The van der Waals surface area contributed by atoms with Gasteiger partial charge in [0.05, 0.1) is 5.60 Å². The zero-order valence-electron chi connectivity index (χ0n) is 9.62. The molecule has 0 fully saturated rings. The molecule has 2 aromatic rings. The predicted octanol–water partition coefficient (Wildman–Crippen LogP) is 4.03. The van der Waals surface area contributed by atoms with Crippen LogP contribution in [0.15, 0.2) is 34.1 Å². The summed E-state index contributed by atoms with van der Waals surface area (Å²) in [5.41, 5.74) is 0.501. The maximum atomic E-state index is 13.7. The Morgan fingerprint density at radius 1 is 1.39 bits per heavy atom. The lowest BCUT2D eigenvalue weighted by Gasteiger charge is -2.23. The fourth-order valence-corrected chi connectivity index (χ4v) is 4.21. The van der Waals surface area contributed by atoms with Crippen molar-refractivity contribution in [1.82, 2.24) is 0 Å². The van der Waals surface area contributed by atoms with Crippen molar-refractivity contribution in [3.05, 3.63) is 55.9 Å². The first-order valence-corrected chi connectivity index (χ1v) is 7.49. The van der Waals surface area contributed by atoms with Crippen molar-refractivity contribution in [3.8, 4) is 0 Å². The first kappa shape index (κ1) is 12.3. The van der Waals surface area contributed by atoms with Crippen LogP contribution in [0.4, 0.5) is 4.39 Å². The van der Waals surface area contributed by atoms with Gasteiger partial charge in [0, 0.05) is 15.8 Å². The van der Waals surface area contributed by atoms with Gasteiger partial charge in [-0.05, 0) is 57.4 Å². The van der Waals surface area contributed by atoms with Crippen molar-refractivity contribution < 1.29 is 9.50 Å². The minimum atomic E-state index is -0.926. The van der Waals surface area contributed by atoms with Crippen LogP contribution in [-0.2, 0) is 18.4 Å². The molecule has 4 heteroatoms. The largest absolute Gasteiger partial charge is 0.385 e. The fourth-order valence-electron chi connectivity index (χ4n) is 2.62. The molecule has 0 amide bonds. The first-order valence-electron chi connectivity index (χ1n) is 5.82. The number of thiophene rings is 1. The molecular formula is C14H12BrFOS. The van der Waals surface area contributed by atoms with Crippen LogP contribution in [0.25, 0.3) is 0 Å². The zero-order valence-corrected chi connectivity index (χ0v) is 12.0. The van der Waals surface area contributed by atoms with Crippen LogP contribution >= 0.6 is 27.3 Å². The Morgan fingerprint density at radius 2 is 2.22 bits per heavy atom. The van der Waals surface area contributed by atoms with Gasteiger partial charge in [-0.3, -0.25) is 0 Å². The average Bonchev–Trinajstić information content (AvgIpc) is 2.87. The van der Waals surface area contributed by atoms with Crippen molar-refractivity contribution in [3.63, 3.8) is 0 Å². The van der Waals surface area contributed by atoms with Crippen LogP contribution in [0.5, 0.6) is 0 Å². The topological polar surface area (TPSA) is 20.2 Å². The summed E-state index contributed by atoms with van der Waals surface area (Å²) in [4.78, 5) is 1.11. The molecule has 1 aromatic heterocycles. The Morgan fingerprint density at radius 3 is 2.94 bits per heavy atom. The van der Waals surface area contributed by atoms with Gasteiger partial charge in [-0.25, -0.2) is 4.39 Å². The Balaban J connectivity index is 1.99. The molecule has 18 heavy (non-hydrogen) atoms. The van der Waals surface area contributed by atoms with Crippen molar-refractivity contribution in [2.75, 3.05) is 0 Å². The molecule has 0 bridgehead atoms. The van der Waals surface area contributed by atoms with E-state index in [4.69, 9.17) is 0 Å². The Bertz CT molecular complexity index is 595. The molecule has 1 aliphatic carbocycles. The highest BCUT2D eigenvalue weighted by molar-refractivity contribution is 9.10. The molecule has 1 aromatic carbocycles. The number of benzene rings is 1. The van der Waals surface area contributed by atoms with E-state index in [-0.39, 0.29) is 5.82 Å². The molecule has 0 radical (unpaired) electrons. The maximum Gasteiger partial charge on any atom is 0.126 e. The molecular weight excluding hydrogens is 315 g/mol. The normalized spacial score (nSPS) is 22.2. The molecule has 1 heterocycles. The Hall–Kier alpha value is -0.710. The summed E-state index contributed by atoms with van der Waals surface area (Å²) in [6.07, 6.45) is 1.75. The van der Waals surface area contributed by atoms with E-state index < -0.39 is 5.60 Å². The number of fused-ring (bicyclic) bond motifs is 1. The monoisotopic (exact) mass is 326 g/mol. The van der Waals surface area contributed by atoms with E-state index in [0.717, 1.165) is 14.9 Å². The Labute approximate surface area is 117 Å². The summed E-state index contributed by atoms with van der Waals surface area (Å²) >= 11 is 5.09. The number of hydrogen-bond acceptors (Lipinski definition) is 2. The summed E-state index contributed by atoms with van der Waals surface area (Å²) in [6, 6.07) is 6.96. The van der Waals surface area contributed by atoms with Crippen LogP contribution in [0.3, 0.4) is 0 Å². The second kappa shape index (κ2) is 4.44. The van der Waals surface area contributed by atoms with Crippen LogP contribution in [-0.4, -0.2) is 5.11 Å². The van der Waals surface area contributed by atoms with Crippen LogP contribution < -0.4 is 0 Å². The minimum Gasteiger partial charge on any atom is -0.385 e. The lowest BCUT2D eigenvalue weighted by atomic mass is 9.91. The maximum absolute atomic E-state index is 13.7. The standard InChI is InChI=1S/C14H12BrFOS/c15-11-5-7-18-13(11)8-14(17)6-4-9-10(14)2-1-3-12(9)16/h1-3,5,7,17H,4,6,8H2. The lowest BCUT2D eigenvalue weighted by Crippen LogP contribution is -2.25. The average molecular weight is 327 g/mol. The van der Waals surface area contributed by atoms with Gasteiger partial charge >= 0.3 is 0 Å². The molecule has 1 N–H and O–H groups in total. The summed E-state index contributed by atoms with van der Waals surface area (Å²) < 4.78 is 14.7. The Kier molecular flexibility index (Phi) is 3.04. The van der Waals surface area contributed by atoms with E-state index in [9.17, 15) is 9.50 Å². The van der Waals surface area contributed by atoms with Gasteiger partial charge in [0.2, 0.25) is 0 Å². The van der Waals surface area contributed by atoms with Gasteiger partial charge < -0.3 is 5.11 Å². The number of rotatable bonds is 2. The second-order valence-corrected chi connectivity index (χ2v) is 6.52. The summed E-state index contributed by atoms with van der Waals surface area (Å²) in [7, 11) is 0. The second-order valence-electron chi connectivity index (χ2n) is 4.67. The van der Waals surface area contributed by atoms with Crippen molar-refractivity contribution in [2.24, 2.45) is 0 Å². The van der Waals surface area contributed by atoms with E-state index in [0.29, 0.717) is 24.8 Å². The summed E-state index contributed by atoms with van der Waals surface area (Å²) in [6.45, 7) is 0. The van der Waals surface area contributed by atoms with Crippen molar-refractivity contribution >= 4 is 27.3 Å². The molecule has 94 valence electrons. The van der Waals surface area contributed by atoms with E-state index in [2.05, 4.69) is 15.9 Å². The molecule has 0 saturated heterocycles. The van der Waals surface area contributed by atoms with Crippen LogP contribution in [0.1, 0.15) is 22.4 Å². The van der Waals surface area contributed by atoms with E-state index in [1.807, 2.05) is 17.5 Å². The molecule has 3 rings (SSSR count). The van der Waals surface area contributed by atoms with Gasteiger partial charge in [-0.1, -0.05) is 12.1 Å². The van der Waals surface area contributed by atoms with Gasteiger partial charge in [-0.15, -0.1) is 11.3 Å². The number of aliphatic hydroxyl groups is 1. The smallest absolute Gasteiger partial charge is 0.126 e. The highest BCUT2D eigenvalue weighted by Gasteiger charge is 2.38. The zero-order chi connectivity index (χ0) is 12.8. The van der Waals surface area contributed by atoms with Crippen molar-refractivity contribution in [1.29, 1.82) is 0 Å².